The SMILES string of the molecule is CCN1CCCC(Nc2nnc(-c3ccc(C)cc3O)n3ccnc23)C1. The first-order valence-electron chi connectivity index (χ1n) is 9.14. The van der Waals surface area contributed by atoms with Gasteiger partial charge in [0.2, 0.25) is 0 Å². The number of imidazole rings is 1. The van der Waals surface area contributed by atoms with Crippen molar-refractivity contribution in [3.63, 3.8) is 0 Å². The van der Waals surface area contributed by atoms with Crippen molar-refractivity contribution in [2.75, 3.05) is 25.0 Å². The van der Waals surface area contributed by atoms with Gasteiger partial charge in [-0.05, 0) is 50.6 Å². The average Bonchev–Trinajstić information content (AvgIpc) is 3.13. The van der Waals surface area contributed by atoms with Crippen LogP contribution in [0.3, 0.4) is 0 Å². The third-order valence-electron chi connectivity index (χ3n) is 5.01. The van der Waals surface area contributed by atoms with E-state index in [-0.39, 0.29) is 5.75 Å². The summed E-state index contributed by atoms with van der Waals surface area (Å²) in [6.45, 7) is 7.36. The van der Waals surface area contributed by atoms with E-state index in [4.69, 9.17) is 0 Å². The molecule has 1 aliphatic heterocycles. The molecule has 0 radical (unpaired) electrons. The predicted molar refractivity (Wildman–Crippen MR) is 101 cm³/mol. The monoisotopic (exact) mass is 352 g/mol. The zero-order valence-corrected chi connectivity index (χ0v) is 15.2. The number of piperidine rings is 1. The van der Waals surface area contributed by atoms with Gasteiger partial charge in [-0.3, -0.25) is 4.40 Å². The molecule has 1 fully saturated rings. The average molecular weight is 352 g/mol. The second-order valence-corrected chi connectivity index (χ2v) is 6.89. The molecule has 0 amide bonds. The van der Waals surface area contributed by atoms with Gasteiger partial charge in [0.05, 0.1) is 5.56 Å². The van der Waals surface area contributed by atoms with Crippen molar-refractivity contribution >= 4 is 11.5 Å². The van der Waals surface area contributed by atoms with Crippen LogP contribution >= 0.6 is 0 Å². The lowest BCUT2D eigenvalue weighted by atomic mass is 10.1. The van der Waals surface area contributed by atoms with Gasteiger partial charge < -0.3 is 15.3 Å². The van der Waals surface area contributed by atoms with Gasteiger partial charge in [0.15, 0.2) is 17.3 Å². The highest BCUT2D eigenvalue weighted by Gasteiger charge is 2.21. The Morgan fingerprint density at radius 2 is 2.19 bits per heavy atom. The van der Waals surface area contributed by atoms with E-state index in [1.165, 1.54) is 6.42 Å². The number of phenolic OH excluding ortho intramolecular Hbond substituents is 1. The largest absolute Gasteiger partial charge is 0.507 e. The second-order valence-electron chi connectivity index (χ2n) is 6.89. The van der Waals surface area contributed by atoms with Crippen LogP contribution in [0, 0.1) is 6.92 Å². The third-order valence-corrected chi connectivity index (χ3v) is 5.01. The maximum absolute atomic E-state index is 10.3. The molecular weight excluding hydrogens is 328 g/mol. The molecule has 2 aromatic heterocycles. The standard InChI is InChI=1S/C19H24N6O/c1-3-24-9-4-5-14(12-24)21-17-19-20-8-10-25(19)18(23-22-17)15-7-6-13(2)11-16(15)26/h6-8,10-11,14,26H,3-5,9,12H2,1-2H3,(H,21,22). The Kier molecular flexibility index (Phi) is 4.46. The fourth-order valence-corrected chi connectivity index (χ4v) is 3.60. The minimum Gasteiger partial charge on any atom is -0.507 e. The summed E-state index contributed by atoms with van der Waals surface area (Å²) in [5.41, 5.74) is 2.37. The molecule has 7 heteroatoms. The maximum Gasteiger partial charge on any atom is 0.192 e. The Balaban J connectivity index is 1.68. The Morgan fingerprint density at radius 1 is 1.31 bits per heavy atom. The number of anilines is 1. The fourth-order valence-electron chi connectivity index (χ4n) is 3.60. The molecule has 1 aromatic carbocycles. The minimum absolute atomic E-state index is 0.195. The normalized spacial score (nSPS) is 18.3. The van der Waals surface area contributed by atoms with E-state index in [1.54, 1.807) is 12.3 Å². The van der Waals surface area contributed by atoms with E-state index in [0.29, 0.717) is 23.2 Å². The van der Waals surface area contributed by atoms with Gasteiger partial charge in [-0.25, -0.2) is 4.98 Å². The number of likely N-dealkylation sites (tertiary alicyclic amines) is 1. The molecule has 0 bridgehead atoms. The smallest absolute Gasteiger partial charge is 0.192 e. The molecule has 3 heterocycles. The summed E-state index contributed by atoms with van der Waals surface area (Å²) in [4.78, 5) is 6.90. The lowest BCUT2D eigenvalue weighted by Gasteiger charge is -2.32. The number of aromatic nitrogens is 4. The Morgan fingerprint density at radius 3 is 3.00 bits per heavy atom. The number of rotatable bonds is 4. The zero-order valence-electron chi connectivity index (χ0n) is 15.2. The van der Waals surface area contributed by atoms with Crippen molar-refractivity contribution < 1.29 is 5.11 Å². The molecule has 26 heavy (non-hydrogen) atoms. The van der Waals surface area contributed by atoms with Crippen LogP contribution in [0.15, 0.2) is 30.6 Å². The summed E-state index contributed by atoms with van der Waals surface area (Å²) in [7, 11) is 0. The first-order chi connectivity index (χ1) is 12.7. The summed E-state index contributed by atoms with van der Waals surface area (Å²) in [6.07, 6.45) is 5.88. The van der Waals surface area contributed by atoms with Crippen molar-refractivity contribution in [2.45, 2.75) is 32.7 Å². The summed E-state index contributed by atoms with van der Waals surface area (Å²) in [5.74, 6) is 1.47. The highest BCUT2D eigenvalue weighted by atomic mass is 16.3. The third kappa shape index (κ3) is 3.10. The fraction of sp³-hybridized carbons (Fsp3) is 0.421. The molecular formula is C19H24N6O. The van der Waals surface area contributed by atoms with Gasteiger partial charge in [-0.15, -0.1) is 10.2 Å². The van der Waals surface area contributed by atoms with E-state index in [1.807, 2.05) is 29.7 Å². The Bertz CT molecular complexity index is 922. The lowest BCUT2D eigenvalue weighted by Crippen LogP contribution is -2.42. The van der Waals surface area contributed by atoms with Gasteiger partial charge in [-0.1, -0.05) is 13.0 Å². The van der Waals surface area contributed by atoms with Gasteiger partial charge in [0, 0.05) is 25.0 Å². The van der Waals surface area contributed by atoms with Crippen molar-refractivity contribution in [3.8, 4) is 17.1 Å². The molecule has 2 N–H and O–H groups in total. The van der Waals surface area contributed by atoms with Crippen LogP contribution in [0.1, 0.15) is 25.3 Å². The number of likely N-dealkylation sites (N-methyl/N-ethyl adjacent to an activating group) is 1. The van der Waals surface area contributed by atoms with Crippen LogP contribution in [0.2, 0.25) is 0 Å². The Labute approximate surface area is 152 Å². The molecule has 3 aromatic rings. The van der Waals surface area contributed by atoms with E-state index < -0.39 is 0 Å². The van der Waals surface area contributed by atoms with Crippen molar-refractivity contribution in [1.29, 1.82) is 0 Å². The van der Waals surface area contributed by atoms with E-state index in [2.05, 4.69) is 32.3 Å². The van der Waals surface area contributed by atoms with Crippen LogP contribution in [0.4, 0.5) is 5.82 Å². The van der Waals surface area contributed by atoms with Crippen LogP contribution in [0.25, 0.3) is 17.0 Å². The number of nitrogens with zero attached hydrogens (tertiary/aromatic N) is 5. The number of nitrogens with one attached hydrogen (secondary N) is 1. The van der Waals surface area contributed by atoms with Crippen molar-refractivity contribution in [2.24, 2.45) is 0 Å². The van der Waals surface area contributed by atoms with Crippen LogP contribution in [0.5, 0.6) is 5.75 Å². The van der Waals surface area contributed by atoms with Gasteiger partial charge in [0.25, 0.3) is 0 Å². The molecule has 0 saturated carbocycles. The van der Waals surface area contributed by atoms with Crippen LogP contribution in [-0.4, -0.2) is 55.3 Å². The number of phenols is 1. The molecule has 0 aliphatic carbocycles. The van der Waals surface area contributed by atoms with E-state index in [9.17, 15) is 5.11 Å². The lowest BCUT2D eigenvalue weighted by molar-refractivity contribution is 0.226. The molecule has 4 rings (SSSR count). The second kappa shape index (κ2) is 6.92. The molecule has 136 valence electrons. The highest BCUT2D eigenvalue weighted by molar-refractivity contribution is 5.71. The molecule has 1 atom stereocenters. The quantitative estimate of drug-likeness (QED) is 0.752. The number of hydrogen-bond donors (Lipinski definition) is 2. The molecule has 1 aliphatic rings. The number of hydrogen-bond acceptors (Lipinski definition) is 6. The number of aromatic hydroxyl groups is 1. The van der Waals surface area contributed by atoms with Crippen molar-refractivity contribution in [1.82, 2.24) is 24.5 Å². The van der Waals surface area contributed by atoms with Gasteiger partial charge in [-0.2, -0.15) is 0 Å². The Hall–Kier alpha value is -2.67. The number of benzene rings is 1. The van der Waals surface area contributed by atoms with Gasteiger partial charge >= 0.3 is 0 Å². The van der Waals surface area contributed by atoms with Gasteiger partial charge in [0.1, 0.15) is 5.75 Å². The van der Waals surface area contributed by atoms with Crippen LogP contribution < -0.4 is 5.32 Å². The molecule has 7 nitrogen and oxygen atoms in total. The van der Waals surface area contributed by atoms with Crippen LogP contribution in [-0.2, 0) is 0 Å². The topological polar surface area (TPSA) is 78.6 Å². The van der Waals surface area contributed by atoms with E-state index >= 15 is 0 Å². The molecule has 1 unspecified atom stereocenters. The first-order valence-corrected chi connectivity index (χ1v) is 9.14. The minimum atomic E-state index is 0.195. The highest BCUT2D eigenvalue weighted by Crippen LogP contribution is 2.30. The number of aryl methyl sites for hydroxylation is 1. The maximum atomic E-state index is 10.3. The van der Waals surface area contributed by atoms with E-state index in [0.717, 1.165) is 37.3 Å². The summed E-state index contributed by atoms with van der Waals surface area (Å²) < 4.78 is 1.88. The zero-order chi connectivity index (χ0) is 18.1. The molecule has 1 saturated heterocycles. The summed E-state index contributed by atoms with van der Waals surface area (Å²) >= 11 is 0. The predicted octanol–water partition coefficient (Wildman–Crippen LogP) is 2.70. The number of fused-ring (bicyclic) bond motifs is 1. The summed E-state index contributed by atoms with van der Waals surface area (Å²) in [6, 6.07) is 5.89. The molecule has 0 spiro atoms. The summed E-state index contributed by atoms with van der Waals surface area (Å²) in [5, 5.41) is 22.6. The first kappa shape index (κ1) is 16.8. The van der Waals surface area contributed by atoms with Crippen molar-refractivity contribution in [3.05, 3.63) is 36.2 Å².